The maximum atomic E-state index is 12.6. The highest BCUT2D eigenvalue weighted by Gasteiger charge is 2.23. The lowest BCUT2D eigenvalue weighted by atomic mass is 10.3. The van der Waals surface area contributed by atoms with E-state index in [-0.39, 0.29) is 10.9 Å². The molecule has 21 heavy (non-hydrogen) atoms. The predicted octanol–water partition coefficient (Wildman–Crippen LogP) is 3.00. The van der Waals surface area contributed by atoms with Gasteiger partial charge in [-0.15, -0.1) is 11.3 Å². The number of thiazole rings is 1. The van der Waals surface area contributed by atoms with E-state index in [1.165, 1.54) is 11.3 Å². The monoisotopic (exact) mass is 325 g/mol. The molecule has 1 unspecified atom stereocenters. The maximum Gasteiger partial charge on any atom is 0.243 e. The standard InChI is InChI=1S/C14H19N3O2S2/c1-3-11(14-16-9-10-20-14)17-21(18,19)13-8-6-5-7-12(13)15-4-2/h5-11,15,17H,3-4H2,1-2H3. The van der Waals surface area contributed by atoms with Crippen molar-refractivity contribution < 1.29 is 8.42 Å². The molecule has 0 fully saturated rings. The molecule has 0 spiro atoms. The number of benzene rings is 1. The minimum absolute atomic E-state index is 0.266. The minimum atomic E-state index is -3.60. The first kappa shape index (κ1) is 15.9. The smallest absolute Gasteiger partial charge is 0.243 e. The molecule has 7 heteroatoms. The first-order chi connectivity index (χ1) is 10.1. The lowest BCUT2D eigenvalue weighted by molar-refractivity contribution is 0.549. The first-order valence-corrected chi connectivity index (χ1v) is 9.19. The molecule has 1 aromatic carbocycles. The zero-order valence-electron chi connectivity index (χ0n) is 12.0. The van der Waals surface area contributed by atoms with Crippen LogP contribution in [0.4, 0.5) is 5.69 Å². The van der Waals surface area contributed by atoms with Crippen LogP contribution in [0.5, 0.6) is 0 Å². The third-order valence-electron chi connectivity index (χ3n) is 3.00. The molecule has 1 heterocycles. The van der Waals surface area contributed by atoms with Crippen LogP contribution in [0, 0.1) is 0 Å². The number of nitrogens with one attached hydrogen (secondary N) is 2. The fraction of sp³-hybridized carbons (Fsp3) is 0.357. The Kier molecular flexibility index (Phi) is 5.33. The minimum Gasteiger partial charge on any atom is -0.384 e. The summed E-state index contributed by atoms with van der Waals surface area (Å²) in [4.78, 5) is 4.47. The van der Waals surface area contributed by atoms with Crippen molar-refractivity contribution in [3.8, 4) is 0 Å². The molecular formula is C14H19N3O2S2. The van der Waals surface area contributed by atoms with Crippen LogP contribution in [-0.4, -0.2) is 19.9 Å². The van der Waals surface area contributed by atoms with E-state index in [1.807, 2.05) is 25.3 Å². The summed E-state index contributed by atoms with van der Waals surface area (Å²) >= 11 is 1.45. The normalized spacial score (nSPS) is 13.0. The lowest BCUT2D eigenvalue weighted by Crippen LogP contribution is -2.29. The van der Waals surface area contributed by atoms with Gasteiger partial charge in [0.1, 0.15) is 9.90 Å². The first-order valence-electron chi connectivity index (χ1n) is 6.83. The van der Waals surface area contributed by atoms with E-state index < -0.39 is 10.0 Å². The second kappa shape index (κ2) is 7.02. The summed E-state index contributed by atoms with van der Waals surface area (Å²) in [5.74, 6) is 0. The van der Waals surface area contributed by atoms with Crippen LogP contribution in [0.1, 0.15) is 31.3 Å². The number of aromatic nitrogens is 1. The topological polar surface area (TPSA) is 71.1 Å². The Labute approximate surface area is 129 Å². The number of anilines is 1. The molecule has 2 aromatic rings. The molecule has 2 N–H and O–H groups in total. The van der Waals surface area contributed by atoms with Crippen LogP contribution < -0.4 is 10.0 Å². The third kappa shape index (κ3) is 3.81. The van der Waals surface area contributed by atoms with Crippen molar-refractivity contribution in [1.29, 1.82) is 0 Å². The Bertz CT molecular complexity index is 669. The van der Waals surface area contributed by atoms with Crippen molar-refractivity contribution in [2.24, 2.45) is 0 Å². The van der Waals surface area contributed by atoms with Crippen molar-refractivity contribution in [2.75, 3.05) is 11.9 Å². The van der Waals surface area contributed by atoms with Gasteiger partial charge < -0.3 is 5.32 Å². The van der Waals surface area contributed by atoms with Gasteiger partial charge >= 0.3 is 0 Å². The van der Waals surface area contributed by atoms with Gasteiger partial charge in [0, 0.05) is 18.1 Å². The van der Waals surface area contributed by atoms with E-state index >= 15 is 0 Å². The van der Waals surface area contributed by atoms with Crippen molar-refractivity contribution in [3.05, 3.63) is 40.8 Å². The number of sulfonamides is 1. The summed E-state index contributed by atoms with van der Waals surface area (Å²) in [6, 6.07) is 6.61. The van der Waals surface area contributed by atoms with Crippen LogP contribution in [-0.2, 0) is 10.0 Å². The summed E-state index contributed by atoms with van der Waals surface area (Å²) in [7, 11) is -3.60. The zero-order chi connectivity index (χ0) is 15.3. The average Bonchev–Trinajstić information content (AvgIpc) is 3.00. The molecule has 0 saturated heterocycles. The fourth-order valence-electron chi connectivity index (χ4n) is 2.00. The quantitative estimate of drug-likeness (QED) is 0.821. The number of nitrogens with zero attached hydrogens (tertiary/aromatic N) is 1. The summed E-state index contributed by atoms with van der Waals surface area (Å²) in [6.07, 6.45) is 2.33. The van der Waals surface area contributed by atoms with Crippen LogP contribution in [0.25, 0.3) is 0 Å². The summed E-state index contributed by atoms with van der Waals surface area (Å²) in [5.41, 5.74) is 0.612. The van der Waals surface area contributed by atoms with Crippen LogP contribution in [0.15, 0.2) is 40.7 Å². The van der Waals surface area contributed by atoms with Gasteiger partial charge in [-0.05, 0) is 25.5 Å². The molecule has 0 saturated carbocycles. The van der Waals surface area contributed by atoms with Gasteiger partial charge in [0.05, 0.1) is 11.7 Å². The molecule has 114 valence electrons. The second-order valence-electron chi connectivity index (χ2n) is 4.48. The molecule has 0 amide bonds. The Hall–Kier alpha value is -1.44. The molecule has 0 aliphatic rings. The average molecular weight is 325 g/mol. The summed E-state index contributed by atoms with van der Waals surface area (Å²) < 4.78 is 28.0. The molecule has 5 nitrogen and oxygen atoms in total. The van der Waals surface area contributed by atoms with E-state index in [4.69, 9.17) is 0 Å². The van der Waals surface area contributed by atoms with E-state index in [9.17, 15) is 8.42 Å². The van der Waals surface area contributed by atoms with Crippen molar-refractivity contribution in [2.45, 2.75) is 31.2 Å². The molecule has 0 aliphatic carbocycles. The Morgan fingerprint density at radius 2 is 2.05 bits per heavy atom. The number of hydrogen-bond acceptors (Lipinski definition) is 5. The molecular weight excluding hydrogens is 306 g/mol. The van der Waals surface area contributed by atoms with Gasteiger partial charge in [-0.1, -0.05) is 19.1 Å². The Morgan fingerprint density at radius 1 is 1.29 bits per heavy atom. The van der Waals surface area contributed by atoms with Gasteiger partial charge in [-0.3, -0.25) is 0 Å². The number of hydrogen-bond donors (Lipinski definition) is 2. The zero-order valence-corrected chi connectivity index (χ0v) is 13.7. The molecule has 1 aromatic heterocycles. The highest BCUT2D eigenvalue weighted by atomic mass is 32.2. The lowest BCUT2D eigenvalue weighted by Gasteiger charge is -2.17. The molecule has 1 atom stereocenters. The van der Waals surface area contributed by atoms with Gasteiger partial charge in [0.2, 0.25) is 10.0 Å². The Balaban J connectivity index is 2.30. The number of para-hydroxylation sites is 1. The van der Waals surface area contributed by atoms with Gasteiger partial charge in [0.25, 0.3) is 0 Å². The molecule has 0 radical (unpaired) electrons. The van der Waals surface area contributed by atoms with Gasteiger partial charge in [-0.2, -0.15) is 0 Å². The van der Waals surface area contributed by atoms with Crippen molar-refractivity contribution in [1.82, 2.24) is 9.71 Å². The van der Waals surface area contributed by atoms with Crippen LogP contribution in [0.3, 0.4) is 0 Å². The Morgan fingerprint density at radius 3 is 2.67 bits per heavy atom. The second-order valence-corrected chi connectivity index (χ2v) is 7.09. The van der Waals surface area contributed by atoms with Crippen LogP contribution >= 0.6 is 11.3 Å². The van der Waals surface area contributed by atoms with Gasteiger partial charge in [-0.25, -0.2) is 18.1 Å². The fourth-order valence-corrected chi connectivity index (χ4v) is 4.32. The highest BCUT2D eigenvalue weighted by Crippen LogP contribution is 2.25. The van der Waals surface area contributed by atoms with E-state index in [0.29, 0.717) is 18.7 Å². The molecule has 2 rings (SSSR count). The third-order valence-corrected chi connectivity index (χ3v) is 5.42. The van der Waals surface area contributed by atoms with Crippen molar-refractivity contribution >= 4 is 27.0 Å². The van der Waals surface area contributed by atoms with E-state index in [0.717, 1.165) is 5.01 Å². The maximum absolute atomic E-state index is 12.6. The predicted molar refractivity (Wildman–Crippen MR) is 86.1 cm³/mol. The van der Waals surface area contributed by atoms with Crippen LogP contribution in [0.2, 0.25) is 0 Å². The molecule has 0 aliphatic heterocycles. The van der Waals surface area contributed by atoms with E-state index in [1.54, 1.807) is 24.4 Å². The summed E-state index contributed by atoms with van der Waals surface area (Å²) in [6.45, 7) is 4.53. The van der Waals surface area contributed by atoms with Gasteiger partial charge in [0.15, 0.2) is 0 Å². The largest absolute Gasteiger partial charge is 0.384 e. The van der Waals surface area contributed by atoms with Crippen molar-refractivity contribution in [3.63, 3.8) is 0 Å². The molecule has 0 bridgehead atoms. The number of rotatable bonds is 7. The highest BCUT2D eigenvalue weighted by molar-refractivity contribution is 7.89. The van der Waals surface area contributed by atoms with E-state index in [2.05, 4.69) is 15.0 Å². The SMILES string of the molecule is CCNc1ccccc1S(=O)(=O)NC(CC)c1nccs1. The summed E-state index contributed by atoms with van der Waals surface area (Å²) in [5, 5.41) is 5.70.